The van der Waals surface area contributed by atoms with Crippen LogP contribution in [0.25, 0.3) is 0 Å². The first kappa shape index (κ1) is 11.4. The van der Waals surface area contributed by atoms with E-state index >= 15 is 0 Å². The molecule has 1 saturated heterocycles. The fourth-order valence-corrected chi connectivity index (χ4v) is 1.94. The van der Waals surface area contributed by atoms with Crippen molar-refractivity contribution in [2.45, 2.75) is 12.8 Å². The highest BCUT2D eigenvalue weighted by molar-refractivity contribution is 5.88. The normalized spacial score (nSPS) is 15.8. The molecular formula is C12H14N2O3. The van der Waals surface area contributed by atoms with Crippen LogP contribution in [-0.4, -0.2) is 35.1 Å². The number of benzene rings is 1. The zero-order valence-electron chi connectivity index (χ0n) is 9.33. The maximum atomic E-state index is 10.7. The van der Waals surface area contributed by atoms with Gasteiger partial charge in [0.25, 0.3) is 0 Å². The molecule has 1 aromatic rings. The summed E-state index contributed by atoms with van der Waals surface area (Å²) < 4.78 is 0. The summed E-state index contributed by atoms with van der Waals surface area (Å²) in [6, 6.07) is 6.83. The minimum Gasteiger partial charge on any atom is -0.478 e. The van der Waals surface area contributed by atoms with E-state index in [2.05, 4.69) is 10.1 Å². The number of hydrogen-bond donors (Lipinski definition) is 2. The number of carboxylic acid groups (broad SMARTS) is 1. The number of rotatable bonds is 2. The van der Waals surface area contributed by atoms with Gasteiger partial charge in [0.05, 0.1) is 11.3 Å². The Morgan fingerprint density at radius 3 is 2.24 bits per heavy atom. The first-order valence-corrected chi connectivity index (χ1v) is 5.49. The molecule has 90 valence electrons. The second-order valence-corrected chi connectivity index (χ2v) is 4.01. The molecule has 2 rings (SSSR count). The second-order valence-electron chi connectivity index (χ2n) is 4.01. The molecule has 0 unspecified atom stereocenters. The van der Waals surface area contributed by atoms with Crippen molar-refractivity contribution in [3.05, 3.63) is 29.8 Å². The maximum absolute atomic E-state index is 10.7. The third kappa shape index (κ3) is 2.55. The van der Waals surface area contributed by atoms with Crippen LogP contribution in [0.15, 0.2) is 29.4 Å². The topological polar surface area (TPSA) is 73.1 Å². The quantitative estimate of drug-likeness (QED) is 0.604. The number of anilines is 1. The van der Waals surface area contributed by atoms with Crippen LogP contribution >= 0.6 is 0 Å². The van der Waals surface area contributed by atoms with Crippen LogP contribution in [0.2, 0.25) is 0 Å². The van der Waals surface area contributed by atoms with E-state index in [0.29, 0.717) is 5.56 Å². The number of carboxylic acids is 1. The van der Waals surface area contributed by atoms with E-state index in [0.717, 1.165) is 37.3 Å². The Morgan fingerprint density at radius 1 is 1.18 bits per heavy atom. The van der Waals surface area contributed by atoms with Gasteiger partial charge in [0.15, 0.2) is 0 Å². The lowest BCUT2D eigenvalue weighted by molar-refractivity contribution is 0.0697. The first-order chi connectivity index (χ1) is 8.20. The van der Waals surface area contributed by atoms with Crippen molar-refractivity contribution in [3.8, 4) is 0 Å². The van der Waals surface area contributed by atoms with Crippen molar-refractivity contribution in [2.24, 2.45) is 5.16 Å². The second kappa shape index (κ2) is 4.86. The molecule has 1 aliphatic rings. The summed E-state index contributed by atoms with van der Waals surface area (Å²) in [5.41, 5.74) is 2.12. The van der Waals surface area contributed by atoms with Gasteiger partial charge in [-0.05, 0) is 24.3 Å². The van der Waals surface area contributed by atoms with Crippen LogP contribution in [0.4, 0.5) is 5.69 Å². The molecule has 5 heteroatoms. The Balaban J connectivity index is 2.06. The first-order valence-electron chi connectivity index (χ1n) is 5.49. The van der Waals surface area contributed by atoms with Crippen LogP contribution in [-0.2, 0) is 0 Å². The van der Waals surface area contributed by atoms with Crippen molar-refractivity contribution in [2.75, 3.05) is 18.0 Å². The molecule has 0 saturated carbocycles. The number of hydrogen-bond acceptors (Lipinski definition) is 4. The molecule has 0 radical (unpaired) electrons. The highest BCUT2D eigenvalue weighted by atomic mass is 16.4. The van der Waals surface area contributed by atoms with Crippen LogP contribution in [0.1, 0.15) is 23.2 Å². The van der Waals surface area contributed by atoms with Gasteiger partial charge in [-0.3, -0.25) is 0 Å². The smallest absolute Gasteiger partial charge is 0.335 e. The van der Waals surface area contributed by atoms with E-state index in [4.69, 9.17) is 10.3 Å². The molecule has 1 aliphatic heterocycles. The number of piperidine rings is 1. The van der Waals surface area contributed by atoms with Gasteiger partial charge in [-0.1, -0.05) is 5.16 Å². The summed E-state index contributed by atoms with van der Waals surface area (Å²) in [5.74, 6) is -0.912. The van der Waals surface area contributed by atoms with Gasteiger partial charge in [-0.15, -0.1) is 0 Å². The molecule has 1 heterocycles. The van der Waals surface area contributed by atoms with Gasteiger partial charge in [-0.2, -0.15) is 0 Å². The predicted molar refractivity (Wildman–Crippen MR) is 64.1 cm³/mol. The average Bonchev–Trinajstić information content (AvgIpc) is 2.39. The van der Waals surface area contributed by atoms with Gasteiger partial charge in [-0.25, -0.2) is 4.79 Å². The Morgan fingerprint density at radius 2 is 1.76 bits per heavy atom. The van der Waals surface area contributed by atoms with E-state index in [1.807, 2.05) is 12.1 Å². The molecule has 5 nitrogen and oxygen atoms in total. The van der Waals surface area contributed by atoms with Gasteiger partial charge >= 0.3 is 5.97 Å². The molecule has 0 amide bonds. The molecular weight excluding hydrogens is 220 g/mol. The summed E-state index contributed by atoms with van der Waals surface area (Å²) in [7, 11) is 0. The lowest BCUT2D eigenvalue weighted by Crippen LogP contribution is -2.33. The highest BCUT2D eigenvalue weighted by Gasteiger charge is 2.15. The standard InChI is InChI=1S/C12H14N2O3/c15-12(16)9-1-3-11(4-2-9)14-7-5-10(13-17)6-8-14/h1-4,17H,5-8H2,(H,15,16). The molecule has 0 bridgehead atoms. The Labute approximate surface area is 99.0 Å². The van der Waals surface area contributed by atoms with Gasteiger partial charge < -0.3 is 15.2 Å². The lowest BCUT2D eigenvalue weighted by Gasteiger charge is -2.29. The summed E-state index contributed by atoms with van der Waals surface area (Å²) >= 11 is 0. The molecule has 1 aromatic carbocycles. The zero-order chi connectivity index (χ0) is 12.3. The minimum atomic E-state index is -0.912. The van der Waals surface area contributed by atoms with Crippen LogP contribution in [0.5, 0.6) is 0 Å². The number of nitrogens with zero attached hydrogens (tertiary/aromatic N) is 2. The summed E-state index contributed by atoms with van der Waals surface area (Å²) in [5, 5.41) is 20.7. The third-order valence-electron chi connectivity index (χ3n) is 2.96. The van der Waals surface area contributed by atoms with E-state index in [1.54, 1.807) is 12.1 Å². The van der Waals surface area contributed by atoms with E-state index < -0.39 is 5.97 Å². The Bertz CT molecular complexity index is 430. The Kier molecular flexibility index (Phi) is 3.27. The van der Waals surface area contributed by atoms with Crippen molar-refractivity contribution in [1.82, 2.24) is 0 Å². The van der Waals surface area contributed by atoms with E-state index in [9.17, 15) is 4.79 Å². The number of oxime groups is 1. The maximum Gasteiger partial charge on any atom is 0.335 e. The zero-order valence-corrected chi connectivity index (χ0v) is 9.33. The SMILES string of the molecule is O=C(O)c1ccc(N2CCC(=NO)CC2)cc1. The number of carbonyl (C=O) groups is 1. The van der Waals surface area contributed by atoms with Gasteiger partial charge in [0.2, 0.25) is 0 Å². The highest BCUT2D eigenvalue weighted by Crippen LogP contribution is 2.19. The predicted octanol–water partition coefficient (Wildman–Crippen LogP) is 1.82. The molecule has 0 aromatic heterocycles. The lowest BCUT2D eigenvalue weighted by atomic mass is 10.1. The molecule has 2 N–H and O–H groups in total. The average molecular weight is 234 g/mol. The summed E-state index contributed by atoms with van der Waals surface area (Å²) in [6.07, 6.45) is 1.49. The van der Waals surface area contributed by atoms with E-state index in [-0.39, 0.29) is 0 Å². The molecule has 0 aliphatic carbocycles. The van der Waals surface area contributed by atoms with Crippen molar-refractivity contribution in [3.63, 3.8) is 0 Å². The molecule has 0 spiro atoms. The van der Waals surface area contributed by atoms with Crippen molar-refractivity contribution >= 4 is 17.4 Å². The van der Waals surface area contributed by atoms with Crippen LogP contribution in [0, 0.1) is 0 Å². The fourth-order valence-electron chi connectivity index (χ4n) is 1.94. The van der Waals surface area contributed by atoms with Gasteiger partial charge in [0.1, 0.15) is 0 Å². The van der Waals surface area contributed by atoms with Crippen molar-refractivity contribution < 1.29 is 15.1 Å². The minimum absolute atomic E-state index is 0.295. The summed E-state index contributed by atoms with van der Waals surface area (Å²) in [6.45, 7) is 1.59. The summed E-state index contributed by atoms with van der Waals surface area (Å²) in [4.78, 5) is 12.9. The van der Waals surface area contributed by atoms with Crippen LogP contribution < -0.4 is 4.90 Å². The Hall–Kier alpha value is -2.04. The largest absolute Gasteiger partial charge is 0.478 e. The molecule has 17 heavy (non-hydrogen) atoms. The van der Waals surface area contributed by atoms with Crippen LogP contribution in [0.3, 0.4) is 0 Å². The monoisotopic (exact) mass is 234 g/mol. The third-order valence-corrected chi connectivity index (χ3v) is 2.96. The van der Waals surface area contributed by atoms with E-state index in [1.165, 1.54) is 0 Å². The van der Waals surface area contributed by atoms with Crippen molar-refractivity contribution in [1.29, 1.82) is 0 Å². The fraction of sp³-hybridized carbons (Fsp3) is 0.333. The number of aromatic carboxylic acids is 1. The van der Waals surface area contributed by atoms with Gasteiger partial charge in [0, 0.05) is 31.6 Å². The molecule has 0 atom stereocenters. The molecule has 1 fully saturated rings.